The van der Waals surface area contributed by atoms with Gasteiger partial charge in [-0.05, 0) is 46.3 Å². The molecule has 48 heavy (non-hydrogen) atoms. The van der Waals surface area contributed by atoms with Gasteiger partial charge in [-0.25, -0.2) is 4.39 Å². The number of carbonyl (C=O) groups excluding carboxylic acids is 4. The molecule has 1 heterocycles. The molecular formula is C25H17BrF12N4O5S. The Morgan fingerprint density at radius 1 is 0.875 bits per heavy atom. The van der Waals surface area contributed by atoms with E-state index in [4.69, 9.17) is 0 Å². The van der Waals surface area contributed by atoms with Gasteiger partial charge in [0.1, 0.15) is 0 Å². The standard InChI is InChI=1S/C25H17BrF12N4O5S/c26-14-9-12(22(29,24(33,34)35)25(36,37)38)10-15(47-21(27)28)16(14)40-17(43)11-2-1-3-13(8-11)39-18(44)19(45)42-4-6-48(7-5-42)41-20(46)23(30,31)32/h1-3,8-10,21H,4-7H2,(H,39,44)(H,40,43). The molecule has 0 unspecified atom stereocenters. The van der Waals surface area contributed by atoms with E-state index in [0.717, 1.165) is 23.1 Å². The maximum absolute atomic E-state index is 14.6. The Labute approximate surface area is 271 Å². The fraction of sp³-hybridized carbons (Fsp3) is 0.360. The van der Waals surface area contributed by atoms with Crippen molar-refractivity contribution in [2.24, 2.45) is 4.36 Å². The quantitative estimate of drug-likeness (QED) is 0.265. The number of benzene rings is 2. The minimum Gasteiger partial charge on any atom is -0.433 e. The first-order valence-electron chi connectivity index (χ1n) is 12.6. The van der Waals surface area contributed by atoms with E-state index in [1.54, 1.807) is 0 Å². The number of nitrogens with zero attached hydrogens (tertiary/aromatic N) is 2. The van der Waals surface area contributed by atoms with Crippen molar-refractivity contribution in [1.29, 1.82) is 0 Å². The zero-order valence-electron chi connectivity index (χ0n) is 23.1. The van der Waals surface area contributed by atoms with Crippen molar-refractivity contribution < 1.29 is 76.6 Å². The van der Waals surface area contributed by atoms with Crippen LogP contribution in [0.25, 0.3) is 0 Å². The number of alkyl halides is 12. The summed E-state index contributed by atoms with van der Waals surface area (Å²) in [6.07, 6.45) is -18.4. The second-order valence-corrected chi connectivity index (χ2v) is 12.2. The normalized spacial score (nSPS) is 14.8. The molecule has 2 aromatic carbocycles. The molecule has 23 heteroatoms. The molecule has 0 aliphatic carbocycles. The van der Waals surface area contributed by atoms with Crippen molar-refractivity contribution in [2.75, 3.05) is 35.2 Å². The lowest BCUT2D eigenvalue weighted by atomic mass is 9.93. The average molecular weight is 793 g/mol. The van der Waals surface area contributed by atoms with Crippen LogP contribution < -0.4 is 15.4 Å². The van der Waals surface area contributed by atoms with E-state index in [1.165, 1.54) is 6.07 Å². The zero-order valence-corrected chi connectivity index (χ0v) is 25.5. The van der Waals surface area contributed by atoms with Crippen LogP contribution in [-0.4, -0.2) is 78.3 Å². The fourth-order valence-corrected chi connectivity index (χ4v) is 6.07. The van der Waals surface area contributed by atoms with Gasteiger partial charge < -0.3 is 20.3 Å². The molecule has 0 aromatic heterocycles. The van der Waals surface area contributed by atoms with Gasteiger partial charge in [-0.2, -0.15) is 52.7 Å². The summed E-state index contributed by atoms with van der Waals surface area (Å²) >= 11 is 2.53. The molecule has 0 radical (unpaired) electrons. The summed E-state index contributed by atoms with van der Waals surface area (Å²) in [5.41, 5.74) is -9.81. The second-order valence-electron chi connectivity index (χ2n) is 9.41. The Hall–Kier alpha value is -3.89. The maximum atomic E-state index is 14.6. The molecule has 2 aromatic rings. The number of hydrogen-bond donors (Lipinski definition) is 2. The van der Waals surface area contributed by atoms with E-state index in [0.29, 0.717) is 0 Å². The molecule has 1 aliphatic rings. The fourth-order valence-electron chi connectivity index (χ4n) is 3.94. The lowest BCUT2D eigenvalue weighted by Crippen LogP contribution is -2.50. The largest absolute Gasteiger partial charge is 0.474 e. The van der Waals surface area contributed by atoms with Crippen molar-refractivity contribution in [3.63, 3.8) is 0 Å². The first-order valence-corrected chi connectivity index (χ1v) is 14.9. The number of halogens is 13. The summed E-state index contributed by atoms with van der Waals surface area (Å²) in [7, 11) is -1.34. The van der Waals surface area contributed by atoms with Crippen LogP contribution >= 0.6 is 15.9 Å². The Morgan fingerprint density at radius 2 is 1.46 bits per heavy atom. The highest BCUT2D eigenvalue weighted by Gasteiger charge is 2.73. The lowest BCUT2D eigenvalue weighted by Gasteiger charge is -2.31. The maximum Gasteiger partial charge on any atom is 0.474 e. The number of ether oxygens (including phenoxy) is 1. The summed E-state index contributed by atoms with van der Waals surface area (Å²) in [6, 6.07) is 3.91. The van der Waals surface area contributed by atoms with Gasteiger partial charge in [0, 0.05) is 45.9 Å². The number of nitrogens with one attached hydrogen (secondary N) is 2. The van der Waals surface area contributed by atoms with Crippen LogP contribution in [-0.2, 0) is 30.7 Å². The van der Waals surface area contributed by atoms with E-state index in [1.807, 2.05) is 5.32 Å². The van der Waals surface area contributed by atoms with Crippen LogP contribution in [0.1, 0.15) is 15.9 Å². The van der Waals surface area contributed by atoms with Gasteiger partial charge in [-0.3, -0.25) is 19.2 Å². The summed E-state index contributed by atoms with van der Waals surface area (Å²) < 4.78 is 164. The number of carbonyl (C=O) groups is 4. The predicted molar refractivity (Wildman–Crippen MR) is 146 cm³/mol. The van der Waals surface area contributed by atoms with Gasteiger partial charge in [0.25, 0.3) is 5.91 Å². The van der Waals surface area contributed by atoms with Crippen LogP contribution in [0.5, 0.6) is 5.75 Å². The van der Waals surface area contributed by atoms with Crippen molar-refractivity contribution in [1.82, 2.24) is 4.90 Å². The molecule has 264 valence electrons. The highest BCUT2D eigenvalue weighted by Crippen LogP contribution is 2.55. The predicted octanol–water partition coefficient (Wildman–Crippen LogP) is 6.26. The van der Waals surface area contributed by atoms with E-state index in [9.17, 15) is 71.9 Å². The van der Waals surface area contributed by atoms with Crippen LogP contribution in [0.2, 0.25) is 0 Å². The summed E-state index contributed by atoms with van der Waals surface area (Å²) in [4.78, 5) is 50.0. The van der Waals surface area contributed by atoms with Gasteiger partial charge in [0.15, 0.2) is 5.75 Å². The van der Waals surface area contributed by atoms with Gasteiger partial charge in [0.05, 0.1) is 5.69 Å². The molecule has 9 nitrogen and oxygen atoms in total. The highest BCUT2D eigenvalue weighted by atomic mass is 79.9. The minimum absolute atomic E-state index is 0.0528. The minimum atomic E-state index is -6.60. The molecule has 3 rings (SSSR count). The van der Waals surface area contributed by atoms with E-state index < -0.39 is 92.2 Å². The Balaban J connectivity index is 1.79. The third kappa shape index (κ3) is 8.76. The number of amides is 4. The summed E-state index contributed by atoms with van der Waals surface area (Å²) in [5, 5.41) is 4.06. The SMILES string of the molecule is O=C(Nc1cccc(C(=O)Nc2c(Br)cc(C(F)(C(F)(F)F)C(F)(F)F)cc2OC(F)F)c1)C(=O)N1CCS(=NC(=O)C(F)(F)F)CC1. The van der Waals surface area contributed by atoms with Crippen molar-refractivity contribution >= 4 is 61.6 Å². The number of anilines is 2. The molecule has 4 amide bonds. The molecule has 0 bridgehead atoms. The van der Waals surface area contributed by atoms with Crippen molar-refractivity contribution in [3.8, 4) is 5.75 Å². The van der Waals surface area contributed by atoms with Gasteiger partial charge in [-0.1, -0.05) is 16.8 Å². The smallest absolute Gasteiger partial charge is 0.433 e. The molecule has 1 saturated heterocycles. The molecule has 2 N–H and O–H groups in total. The zero-order chi connectivity index (χ0) is 36.4. The third-order valence-electron chi connectivity index (χ3n) is 6.20. The van der Waals surface area contributed by atoms with Crippen LogP contribution in [0.3, 0.4) is 0 Å². The van der Waals surface area contributed by atoms with E-state index in [2.05, 4.69) is 30.3 Å². The second kappa shape index (κ2) is 14.3. The molecular weight excluding hydrogens is 776 g/mol. The molecule has 0 atom stereocenters. The Morgan fingerprint density at radius 3 is 1.98 bits per heavy atom. The van der Waals surface area contributed by atoms with Crippen molar-refractivity contribution in [3.05, 3.63) is 52.0 Å². The number of rotatable bonds is 6. The average Bonchev–Trinajstić information content (AvgIpc) is 2.96. The highest BCUT2D eigenvalue weighted by molar-refractivity contribution is 9.10. The molecule has 1 fully saturated rings. The summed E-state index contributed by atoms with van der Waals surface area (Å²) in [6.45, 7) is -4.32. The third-order valence-corrected chi connectivity index (χ3v) is 8.56. The van der Waals surface area contributed by atoms with Gasteiger partial charge >= 0.3 is 48.5 Å². The van der Waals surface area contributed by atoms with Crippen LogP contribution in [0.4, 0.5) is 64.1 Å². The molecule has 0 spiro atoms. The first-order chi connectivity index (χ1) is 22.0. The Bertz CT molecular complexity index is 1610. The molecule has 0 saturated carbocycles. The first kappa shape index (κ1) is 38.6. The van der Waals surface area contributed by atoms with Crippen LogP contribution in [0.15, 0.2) is 45.2 Å². The monoisotopic (exact) mass is 792 g/mol. The van der Waals surface area contributed by atoms with E-state index in [-0.39, 0.29) is 42.4 Å². The Kier molecular flexibility index (Phi) is 11.5. The molecule has 1 aliphatic heterocycles. The van der Waals surface area contributed by atoms with Gasteiger partial charge in [0.2, 0.25) is 0 Å². The number of hydrogen-bond acceptors (Lipinski definition) is 5. The van der Waals surface area contributed by atoms with Crippen LogP contribution in [0, 0.1) is 0 Å². The lowest BCUT2D eigenvalue weighted by molar-refractivity contribution is -0.348. The van der Waals surface area contributed by atoms with Crippen molar-refractivity contribution in [2.45, 2.75) is 30.8 Å². The topological polar surface area (TPSA) is 117 Å². The van der Waals surface area contributed by atoms with E-state index >= 15 is 0 Å². The van der Waals surface area contributed by atoms with Gasteiger partial charge in [-0.15, -0.1) is 0 Å². The summed E-state index contributed by atoms with van der Waals surface area (Å²) in [5.74, 6) is -7.72.